The van der Waals surface area contributed by atoms with Crippen LogP contribution in [0.25, 0.3) is 10.9 Å². The van der Waals surface area contributed by atoms with Crippen molar-refractivity contribution in [3.63, 3.8) is 0 Å². The van der Waals surface area contributed by atoms with Crippen LogP contribution in [0.4, 0.5) is 11.5 Å². The van der Waals surface area contributed by atoms with Crippen LogP contribution in [0.1, 0.15) is 0 Å². The third-order valence-electron chi connectivity index (χ3n) is 4.09. The predicted molar refractivity (Wildman–Crippen MR) is 103 cm³/mol. The average molecular weight is 388 g/mol. The first-order valence-electron chi connectivity index (χ1n) is 8.47. The summed E-state index contributed by atoms with van der Waals surface area (Å²) >= 11 is 6.12. The number of nitrogens with one attached hydrogen (secondary N) is 1. The Morgan fingerprint density at radius 3 is 2.63 bits per heavy atom. The van der Waals surface area contributed by atoms with Crippen LogP contribution in [0.3, 0.4) is 0 Å². The number of hydrogen-bond donors (Lipinski definition) is 1. The van der Waals surface area contributed by atoms with Gasteiger partial charge in [-0.15, -0.1) is 0 Å². The van der Waals surface area contributed by atoms with Gasteiger partial charge in [0.2, 0.25) is 0 Å². The van der Waals surface area contributed by atoms with Crippen LogP contribution < -0.4 is 19.5 Å². The lowest BCUT2D eigenvalue weighted by Crippen LogP contribution is -2.13. The van der Waals surface area contributed by atoms with Crippen molar-refractivity contribution in [3.8, 4) is 17.2 Å². The van der Waals surface area contributed by atoms with E-state index >= 15 is 0 Å². The van der Waals surface area contributed by atoms with E-state index in [1.54, 1.807) is 19.2 Å². The van der Waals surface area contributed by atoms with Crippen molar-refractivity contribution >= 4 is 34.0 Å². The van der Waals surface area contributed by atoms with Gasteiger partial charge in [-0.25, -0.2) is 9.97 Å². The molecule has 0 saturated heterocycles. The highest BCUT2D eigenvalue weighted by atomic mass is 35.5. The smallest absolute Gasteiger partial charge is 0.162 e. The van der Waals surface area contributed by atoms with Gasteiger partial charge in [0.15, 0.2) is 11.5 Å². The Bertz CT molecular complexity index is 967. The molecule has 0 unspecified atom stereocenters. The van der Waals surface area contributed by atoms with E-state index in [0.29, 0.717) is 54.5 Å². The average Bonchev–Trinajstić information content (AvgIpc) is 2.68. The monoisotopic (exact) mass is 387 g/mol. The van der Waals surface area contributed by atoms with Gasteiger partial charge in [-0.1, -0.05) is 11.6 Å². The molecule has 0 saturated carbocycles. The first-order chi connectivity index (χ1) is 13.2. The Hall–Kier alpha value is -2.77. The third-order valence-corrected chi connectivity index (χ3v) is 4.32. The largest absolute Gasteiger partial charge is 0.493 e. The molecule has 2 aromatic carbocycles. The van der Waals surface area contributed by atoms with E-state index in [4.69, 9.17) is 30.5 Å². The highest BCUT2D eigenvalue weighted by Gasteiger charge is 2.14. The van der Waals surface area contributed by atoms with Gasteiger partial charge in [0.05, 0.1) is 31.5 Å². The number of ether oxygens (including phenoxy) is 4. The molecule has 1 N–H and O–H groups in total. The third kappa shape index (κ3) is 3.84. The molecule has 1 aromatic heterocycles. The van der Waals surface area contributed by atoms with Crippen molar-refractivity contribution in [2.75, 3.05) is 38.9 Å². The van der Waals surface area contributed by atoms with Gasteiger partial charge in [-0.2, -0.15) is 0 Å². The zero-order chi connectivity index (χ0) is 18.6. The fraction of sp³-hybridized carbons (Fsp3) is 0.263. The van der Waals surface area contributed by atoms with Crippen LogP contribution in [0.15, 0.2) is 36.7 Å². The Morgan fingerprint density at radius 2 is 1.81 bits per heavy atom. The molecular formula is C19H18ClN3O4. The molecular weight excluding hydrogens is 370 g/mol. The normalized spacial score (nSPS) is 14.4. The topological polar surface area (TPSA) is 74.7 Å². The highest BCUT2D eigenvalue weighted by molar-refractivity contribution is 6.30. The number of benzene rings is 2. The van der Waals surface area contributed by atoms with Gasteiger partial charge in [0.25, 0.3) is 0 Å². The minimum absolute atomic E-state index is 0.390. The second-order valence-electron chi connectivity index (χ2n) is 5.82. The highest BCUT2D eigenvalue weighted by Crippen LogP contribution is 2.36. The van der Waals surface area contributed by atoms with E-state index in [1.807, 2.05) is 18.2 Å². The van der Waals surface area contributed by atoms with Crippen molar-refractivity contribution < 1.29 is 18.9 Å². The SMILES string of the molecule is COc1cc2ncnc3c2cc1OCCOCCOc1cc(Cl)ccc1N3. The molecule has 0 aliphatic carbocycles. The fourth-order valence-corrected chi connectivity index (χ4v) is 2.97. The minimum Gasteiger partial charge on any atom is -0.493 e. The van der Waals surface area contributed by atoms with Crippen LogP contribution in [-0.4, -0.2) is 43.5 Å². The predicted octanol–water partition coefficient (Wildman–Crippen LogP) is 3.82. The minimum atomic E-state index is 0.390. The van der Waals surface area contributed by atoms with Crippen molar-refractivity contribution in [1.29, 1.82) is 0 Å². The van der Waals surface area contributed by atoms with Gasteiger partial charge < -0.3 is 24.3 Å². The quantitative estimate of drug-likeness (QED) is 0.680. The van der Waals surface area contributed by atoms with E-state index in [1.165, 1.54) is 6.33 Å². The van der Waals surface area contributed by atoms with E-state index in [2.05, 4.69) is 15.3 Å². The van der Waals surface area contributed by atoms with Gasteiger partial charge in [0.1, 0.15) is 31.1 Å². The maximum Gasteiger partial charge on any atom is 0.162 e. The molecule has 27 heavy (non-hydrogen) atoms. The maximum atomic E-state index is 6.12. The van der Waals surface area contributed by atoms with Crippen LogP contribution >= 0.6 is 11.6 Å². The van der Waals surface area contributed by atoms with Gasteiger partial charge >= 0.3 is 0 Å². The second-order valence-corrected chi connectivity index (χ2v) is 6.25. The summed E-state index contributed by atoms with van der Waals surface area (Å²) in [5, 5.41) is 4.69. The Kier molecular flexibility index (Phi) is 5.13. The molecule has 0 fully saturated rings. The molecule has 0 atom stereocenters. The number of fused-ring (bicyclic) bond motifs is 2. The summed E-state index contributed by atoms with van der Waals surface area (Å²) in [4.78, 5) is 8.72. The van der Waals surface area contributed by atoms with Crippen LogP contribution in [0, 0.1) is 0 Å². The summed E-state index contributed by atoms with van der Waals surface area (Å²) in [5.74, 6) is 2.47. The molecule has 1 aliphatic heterocycles. The molecule has 3 aromatic rings. The lowest BCUT2D eigenvalue weighted by molar-refractivity contribution is 0.0759. The summed E-state index contributed by atoms with van der Waals surface area (Å²) in [6, 6.07) is 9.08. The zero-order valence-corrected chi connectivity index (χ0v) is 15.5. The first-order valence-corrected chi connectivity index (χ1v) is 8.85. The second kappa shape index (κ2) is 7.85. The van der Waals surface area contributed by atoms with E-state index in [-0.39, 0.29) is 0 Å². The van der Waals surface area contributed by atoms with Crippen molar-refractivity contribution in [2.24, 2.45) is 0 Å². The standard InChI is InChI=1S/C19H18ClN3O4/c1-24-17-10-15-13-9-18(17)27-7-5-25-4-6-26-16-8-12(20)2-3-14(16)23-19(13)22-11-21-15/h2-3,8-11H,4-7H2,1H3,(H,21,22,23). The van der Waals surface area contributed by atoms with Crippen LogP contribution in [-0.2, 0) is 4.74 Å². The van der Waals surface area contributed by atoms with E-state index in [0.717, 1.165) is 16.6 Å². The van der Waals surface area contributed by atoms with Gasteiger partial charge in [-0.05, 0) is 18.2 Å². The number of aromatic nitrogens is 2. The number of rotatable bonds is 1. The van der Waals surface area contributed by atoms with Crippen LogP contribution in [0.5, 0.6) is 17.2 Å². The van der Waals surface area contributed by atoms with Gasteiger partial charge in [0, 0.05) is 22.5 Å². The molecule has 0 spiro atoms. The molecule has 2 heterocycles. The molecule has 140 valence electrons. The van der Waals surface area contributed by atoms with Crippen molar-refractivity contribution in [1.82, 2.24) is 9.97 Å². The molecule has 0 amide bonds. The summed E-state index contributed by atoms with van der Waals surface area (Å²) in [5.41, 5.74) is 1.48. The molecule has 1 aliphatic rings. The summed E-state index contributed by atoms with van der Waals surface area (Å²) in [6.07, 6.45) is 1.50. The molecule has 2 bridgehead atoms. The number of halogens is 1. The molecule has 0 radical (unpaired) electrons. The van der Waals surface area contributed by atoms with E-state index < -0.39 is 0 Å². The number of nitrogens with zero attached hydrogens (tertiary/aromatic N) is 2. The Balaban J connectivity index is 1.83. The maximum absolute atomic E-state index is 6.12. The van der Waals surface area contributed by atoms with Crippen LogP contribution in [0.2, 0.25) is 5.02 Å². The summed E-state index contributed by atoms with van der Waals surface area (Å²) < 4.78 is 22.6. The fourth-order valence-electron chi connectivity index (χ4n) is 2.81. The summed E-state index contributed by atoms with van der Waals surface area (Å²) in [7, 11) is 1.60. The van der Waals surface area contributed by atoms with Crippen molar-refractivity contribution in [3.05, 3.63) is 41.7 Å². The van der Waals surface area contributed by atoms with E-state index in [9.17, 15) is 0 Å². The lowest BCUT2D eigenvalue weighted by atomic mass is 10.2. The Morgan fingerprint density at radius 1 is 1.00 bits per heavy atom. The molecule has 7 nitrogen and oxygen atoms in total. The number of anilines is 2. The first kappa shape index (κ1) is 17.6. The zero-order valence-electron chi connectivity index (χ0n) is 14.7. The molecule has 8 heteroatoms. The number of hydrogen-bond acceptors (Lipinski definition) is 7. The molecule has 4 rings (SSSR count). The number of methoxy groups -OCH3 is 1. The Labute approximate surface area is 161 Å². The lowest BCUT2D eigenvalue weighted by Gasteiger charge is -2.17. The van der Waals surface area contributed by atoms with Gasteiger partial charge in [-0.3, -0.25) is 0 Å². The van der Waals surface area contributed by atoms with Crippen molar-refractivity contribution in [2.45, 2.75) is 0 Å². The summed E-state index contributed by atoms with van der Waals surface area (Å²) in [6.45, 7) is 1.65.